The fourth-order valence-electron chi connectivity index (χ4n) is 1.79. The van der Waals surface area contributed by atoms with Crippen molar-refractivity contribution >= 4 is 22.9 Å². The summed E-state index contributed by atoms with van der Waals surface area (Å²) in [5.74, 6) is 0.0138. The summed E-state index contributed by atoms with van der Waals surface area (Å²) in [7, 11) is 1.78. The van der Waals surface area contributed by atoms with Crippen LogP contribution in [-0.2, 0) is 4.79 Å². The van der Waals surface area contributed by atoms with Gasteiger partial charge in [0.25, 0.3) is 0 Å². The van der Waals surface area contributed by atoms with Gasteiger partial charge in [0.15, 0.2) is 0 Å². The standard InChI is InChI=1S/C17H18N2O/c1-3-19(2)17(20)9-5-4-7-14-10-11-16-15(13-14)8-6-12-18-16/h4-13H,3H2,1-2H3/b7-4+,9-5+. The first-order valence-corrected chi connectivity index (χ1v) is 6.65. The molecule has 0 aliphatic rings. The van der Waals surface area contributed by atoms with E-state index in [-0.39, 0.29) is 5.91 Å². The Kier molecular flexibility index (Phi) is 4.66. The van der Waals surface area contributed by atoms with Crippen LogP contribution in [0.4, 0.5) is 0 Å². The van der Waals surface area contributed by atoms with Crippen molar-refractivity contribution < 1.29 is 4.79 Å². The van der Waals surface area contributed by atoms with Gasteiger partial charge in [-0.2, -0.15) is 0 Å². The van der Waals surface area contributed by atoms with Gasteiger partial charge >= 0.3 is 0 Å². The lowest BCUT2D eigenvalue weighted by molar-refractivity contribution is -0.124. The minimum atomic E-state index is 0.0138. The van der Waals surface area contributed by atoms with Gasteiger partial charge < -0.3 is 4.90 Å². The Bertz CT molecular complexity index is 659. The molecule has 0 saturated heterocycles. The number of allylic oxidation sites excluding steroid dienone is 2. The fraction of sp³-hybridized carbons (Fsp3) is 0.176. The molecular formula is C17H18N2O. The molecule has 0 bridgehead atoms. The van der Waals surface area contributed by atoms with Gasteiger partial charge in [-0.05, 0) is 30.7 Å². The third-order valence-electron chi connectivity index (χ3n) is 3.12. The van der Waals surface area contributed by atoms with Crippen molar-refractivity contribution in [1.29, 1.82) is 0 Å². The number of hydrogen-bond acceptors (Lipinski definition) is 2. The predicted octanol–water partition coefficient (Wildman–Crippen LogP) is 3.28. The minimum absolute atomic E-state index is 0.0138. The number of likely N-dealkylation sites (N-methyl/N-ethyl adjacent to an activating group) is 1. The number of amides is 1. The predicted molar refractivity (Wildman–Crippen MR) is 83.2 cm³/mol. The maximum Gasteiger partial charge on any atom is 0.246 e. The van der Waals surface area contributed by atoms with E-state index in [2.05, 4.69) is 11.1 Å². The number of pyridine rings is 1. The molecule has 0 saturated carbocycles. The molecule has 3 heteroatoms. The van der Waals surface area contributed by atoms with Crippen LogP contribution in [0.25, 0.3) is 17.0 Å². The van der Waals surface area contributed by atoms with Crippen LogP contribution < -0.4 is 0 Å². The van der Waals surface area contributed by atoms with Crippen LogP contribution in [0.2, 0.25) is 0 Å². The molecular weight excluding hydrogens is 248 g/mol. The van der Waals surface area contributed by atoms with Crippen LogP contribution in [0.5, 0.6) is 0 Å². The lowest BCUT2D eigenvalue weighted by atomic mass is 10.1. The fourth-order valence-corrected chi connectivity index (χ4v) is 1.79. The number of rotatable bonds is 4. The topological polar surface area (TPSA) is 33.2 Å². The van der Waals surface area contributed by atoms with Gasteiger partial charge in [0.1, 0.15) is 0 Å². The molecule has 3 nitrogen and oxygen atoms in total. The molecule has 2 aromatic rings. The van der Waals surface area contributed by atoms with Crippen LogP contribution in [0.15, 0.2) is 54.8 Å². The smallest absolute Gasteiger partial charge is 0.246 e. The molecule has 0 spiro atoms. The number of carbonyl (C=O) groups is 1. The van der Waals surface area contributed by atoms with E-state index in [1.165, 1.54) is 0 Å². The van der Waals surface area contributed by atoms with Crippen molar-refractivity contribution in [1.82, 2.24) is 9.88 Å². The molecule has 0 unspecified atom stereocenters. The first kappa shape index (κ1) is 14.0. The lowest BCUT2D eigenvalue weighted by Crippen LogP contribution is -2.23. The zero-order valence-corrected chi connectivity index (χ0v) is 11.8. The van der Waals surface area contributed by atoms with Crippen LogP contribution in [-0.4, -0.2) is 29.4 Å². The summed E-state index contributed by atoms with van der Waals surface area (Å²) in [6.07, 6.45) is 8.97. The molecule has 2 rings (SSSR count). The van der Waals surface area contributed by atoms with Gasteiger partial charge in [-0.15, -0.1) is 0 Å². The summed E-state index contributed by atoms with van der Waals surface area (Å²) in [5.41, 5.74) is 2.08. The van der Waals surface area contributed by atoms with Gasteiger partial charge in [0.05, 0.1) is 5.52 Å². The first-order chi connectivity index (χ1) is 9.70. The van der Waals surface area contributed by atoms with Crippen LogP contribution in [0, 0.1) is 0 Å². The van der Waals surface area contributed by atoms with Crippen molar-refractivity contribution in [3.8, 4) is 0 Å². The molecule has 0 fully saturated rings. The van der Waals surface area contributed by atoms with Gasteiger partial charge in [0.2, 0.25) is 5.91 Å². The molecule has 0 aliphatic carbocycles. The molecule has 0 aliphatic heterocycles. The number of aromatic nitrogens is 1. The number of fused-ring (bicyclic) bond motifs is 1. The lowest BCUT2D eigenvalue weighted by Gasteiger charge is -2.10. The summed E-state index contributed by atoms with van der Waals surface area (Å²) < 4.78 is 0. The maximum absolute atomic E-state index is 11.6. The van der Waals surface area contributed by atoms with Gasteiger partial charge in [-0.1, -0.05) is 30.4 Å². The van der Waals surface area contributed by atoms with E-state index in [9.17, 15) is 4.79 Å². The quantitative estimate of drug-likeness (QED) is 0.628. The summed E-state index contributed by atoms with van der Waals surface area (Å²) in [4.78, 5) is 17.5. The molecule has 0 atom stereocenters. The Morgan fingerprint density at radius 2 is 2.15 bits per heavy atom. The van der Waals surface area contributed by atoms with Crippen molar-refractivity contribution in [2.75, 3.05) is 13.6 Å². The van der Waals surface area contributed by atoms with Gasteiger partial charge in [-0.3, -0.25) is 9.78 Å². The minimum Gasteiger partial charge on any atom is -0.343 e. The molecule has 1 amide bonds. The third kappa shape index (κ3) is 3.54. The second kappa shape index (κ2) is 6.66. The van der Waals surface area contributed by atoms with E-state index < -0.39 is 0 Å². The Morgan fingerprint density at radius 3 is 2.95 bits per heavy atom. The molecule has 0 N–H and O–H groups in total. The summed E-state index contributed by atoms with van der Waals surface area (Å²) in [5, 5.41) is 1.11. The van der Waals surface area contributed by atoms with Crippen LogP contribution in [0.3, 0.4) is 0 Å². The molecule has 1 aromatic carbocycles. The Morgan fingerprint density at radius 1 is 1.30 bits per heavy atom. The van der Waals surface area contributed by atoms with Crippen LogP contribution in [0.1, 0.15) is 12.5 Å². The van der Waals surface area contributed by atoms with Crippen molar-refractivity contribution in [2.45, 2.75) is 6.92 Å². The highest BCUT2D eigenvalue weighted by atomic mass is 16.2. The Balaban J connectivity index is 2.06. The average molecular weight is 266 g/mol. The normalized spacial score (nSPS) is 11.5. The SMILES string of the molecule is CCN(C)C(=O)/C=C/C=C/c1ccc2ncccc2c1. The zero-order valence-electron chi connectivity index (χ0n) is 11.8. The van der Waals surface area contributed by atoms with E-state index in [4.69, 9.17) is 0 Å². The van der Waals surface area contributed by atoms with Gasteiger partial charge in [0, 0.05) is 31.3 Å². The number of hydrogen-bond donors (Lipinski definition) is 0. The third-order valence-corrected chi connectivity index (χ3v) is 3.12. The largest absolute Gasteiger partial charge is 0.343 e. The zero-order chi connectivity index (χ0) is 14.4. The number of nitrogens with zero attached hydrogens (tertiary/aromatic N) is 2. The molecule has 102 valence electrons. The molecule has 1 heterocycles. The van der Waals surface area contributed by atoms with E-state index in [1.807, 2.05) is 43.3 Å². The second-order valence-corrected chi connectivity index (χ2v) is 4.53. The Labute approximate surface area is 119 Å². The molecule has 1 aromatic heterocycles. The number of carbonyl (C=O) groups excluding carboxylic acids is 1. The van der Waals surface area contributed by atoms with E-state index in [0.29, 0.717) is 6.54 Å². The van der Waals surface area contributed by atoms with Gasteiger partial charge in [-0.25, -0.2) is 0 Å². The highest BCUT2D eigenvalue weighted by Crippen LogP contribution is 2.14. The summed E-state index contributed by atoms with van der Waals surface area (Å²) in [6, 6.07) is 10.0. The Hall–Kier alpha value is -2.42. The van der Waals surface area contributed by atoms with Crippen molar-refractivity contribution in [3.05, 3.63) is 60.3 Å². The average Bonchev–Trinajstić information content (AvgIpc) is 2.50. The monoisotopic (exact) mass is 266 g/mol. The van der Waals surface area contributed by atoms with E-state index in [1.54, 1.807) is 30.3 Å². The van der Waals surface area contributed by atoms with Crippen molar-refractivity contribution in [2.24, 2.45) is 0 Å². The van der Waals surface area contributed by atoms with E-state index >= 15 is 0 Å². The maximum atomic E-state index is 11.6. The second-order valence-electron chi connectivity index (χ2n) is 4.53. The van der Waals surface area contributed by atoms with Crippen LogP contribution >= 0.6 is 0 Å². The van der Waals surface area contributed by atoms with E-state index in [0.717, 1.165) is 16.5 Å². The highest BCUT2D eigenvalue weighted by molar-refractivity contribution is 5.87. The molecule has 0 radical (unpaired) electrons. The highest BCUT2D eigenvalue weighted by Gasteiger charge is 1.99. The summed E-state index contributed by atoms with van der Waals surface area (Å²) >= 11 is 0. The number of benzene rings is 1. The summed E-state index contributed by atoms with van der Waals surface area (Å²) in [6.45, 7) is 2.66. The molecule has 20 heavy (non-hydrogen) atoms. The first-order valence-electron chi connectivity index (χ1n) is 6.65. The van der Waals surface area contributed by atoms with Crippen molar-refractivity contribution in [3.63, 3.8) is 0 Å².